The third kappa shape index (κ3) is 2.00. The minimum atomic E-state index is 0.235. The zero-order valence-electron chi connectivity index (χ0n) is 6.66. The Morgan fingerprint density at radius 3 is 3.00 bits per heavy atom. The molecule has 4 N–H and O–H groups in total. The second kappa shape index (κ2) is 3.82. The van der Waals surface area contributed by atoms with E-state index in [0.29, 0.717) is 5.84 Å². The first-order valence-electron chi connectivity index (χ1n) is 3.57. The molecular weight excluding hydrogens is 160 g/mol. The number of thioether (sulfide) groups is 1. The van der Waals surface area contributed by atoms with E-state index in [-0.39, 0.29) is 6.04 Å². The van der Waals surface area contributed by atoms with Crippen LogP contribution >= 0.6 is 11.8 Å². The summed E-state index contributed by atoms with van der Waals surface area (Å²) in [5, 5.41) is 3.50. The summed E-state index contributed by atoms with van der Waals surface area (Å²) in [5.41, 5.74) is 5.61. The molecule has 0 saturated carbocycles. The molecule has 0 aliphatic carbocycles. The number of nitrogens with zero attached hydrogens (tertiary/aromatic N) is 2. The van der Waals surface area contributed by atoms with Gasteiger partial charge in [-0.3, -0.25) is 4.90 Å². The largest absolute Gasteiger partial charge is 0.384 e. The normalized spacial score (nSPS) is 28.8. The van der Waals surface area contributed by atoms with Gasteiger partial charge in [0.2, 0.25) is 0 Å². The summed E-state index contributed by atoms with van der Waals surface area (Å²) >= 11 is 1.89. The lowest BCUT2D eigenvalue weighted by molar-refractivity contribution is 0.325. The molecule has 1 aliphatic heterocycles. The Hall–Kier alpha value is -0.420. The summed E-state index contributed by atoms with van der Waals surface area (Å²) in [4.78, 5) is 2.18. The molecule has 0 aromatic rings. The van der Waals surface area contributed by atoms with Gasteiger partial charge in [0.05, 0.1) is 6.04 Å². The molecule has 0 aromatic heterocycles. The van der Waals surface area contributed by atoms with Gasteiger partial charge in [0.15, 0.2) is 0 Å². The number of hydrogen-bond donors (Lipinski definition) is 2. The zero-order chi connectivity index (χ0) is 8.27. The van der Waals surface area contributed by atoms with Gasteiger partial charge in [-0.05, 0) is 7.05 Å². The molecule has 1 unspecified atom stereocenters. The average molecular weight is 174 g/mol. The van der Waals surface area contributed by atoms with Crippen LogP contribution in [0.1, 0.15) is 0 Å². The Morgan fingerprint density at radius 1 is 1.73 bits per heavy atom. The summed E-state index contributed by atoms with van der Waals surface area (Å²) in [6, 6.07) is 0.235. The van der Waals surface area contributed by atoms with E-state index in [4.69, 9.17) is 11.6 Å². The van der Waals surface area contributed by atoms with E-state index >= 15 is 0 Å². The van der Waals surface area contributed by atoms with Crippen LogP contribution in [0.15, 0.2) is 5.10 Å². The van der Waals surface area contributed by atoms with Crippen molar-refractivity contribution in [1.82, 2.24) is 4.90 Å². The second-order valence-electron chi connectivity index (χ2n) is 2.63. The fourth-order valence-electron chi connectivity index (χ4n) is 1.08. The first kappa shape index (κ1) is 8.67. The lowest BCUT2D eigenvalue weighted by Crippen LogP contribution is -2.48. The third-order valence-corrected chi connectivity index (χ3v) is 2.91. The van der Waals surface area contributed by atoms with Crippen molar-refractivity contribution in [2.45, 2.75) is 6.04 Å². The molecule has 64 valence electrons. The lowest BCUT2D eigenvalue weighted by Gasteiger charge is -2.30. The fourth-order valence-corrected chi connectivity index (χ4v) is 2.32. The van der Waals surface area contributed by atoms with E-state index in [1.165, 1.54) is 5.75 Å². The molecule has 1 heterocycles. The highest BCUT2D eigenvalue weighted by molar-refractivity contribution is 7.99. The first-order valence-corrected chi connectivity index (χ1v) is 4.72. The van der Waals surface area contributed by atoms with E-state index in [2.05, 4.69) is 10.0 Å². The smallest absolute Gasteiger partial charge is 0.137 e. The van der Waals surface area contributed by atoms with Crippen molar-refractivity contribution in [3.63, 3.8) is 0 Å². The monoisotopic (exact) mass is 174 g/mol. The number of rotatable bonds is 1. The molecule has 0 aromatic carbocycles. The lowest BCUT2D eigenvalue weighted by atomic mass is 10.3. The summed E-state index contributed by atoms with van der Waals surface area (Å²) in [6.45, 7) is 1.06. The van der Waals surface area contributed by atoms with Gasteiger partial charge in [-0.15, -0.1) is 0 Å². The van der Waals surface area contributed by atoms with E-state index in [1.54, 1.807) is 0 Å². The van der Waals surface area contributed by atoms with Gasteiger partial charge in [0.25, 0.3) is 0 Å². The molecule has 5 heteroatoms. The van der Waals surface area contributed by atoms with E-state index in [0.717, 1.165) is 12.3 Å². The Bertz CT molecular complexity index is 159. The molecule has 1 fully saturated rings. The van der Waals surface area contributed by atoms with E-state index in [1.807, 2.05) is 18.8 Å². The van der Waals surface area contributed by atoms with Crippen LogP contribution in [0.2, 0.25) is 0 Å². The average Bonchev–Trinajstić information content (AvgIpc) is 2.04. The highest BCUT2D eigenvalue weighted by atomic mass is 32.2. The third-order valence-electron chi connectivity index (χ3n) is 1.89. The van der Waals surface area contributed by atoms with Crippen LogP contribution in [-0.2, 0) is 0 Å². The number of hydrazone groups is 1. The van der Waals surface area contributed by atoms with Crippen molar-refractivity contribution < 1.29 is 0 Å². The SMILES string of the molecule is CN1CCSCC1C(N)=NN. The van der Waals surface area contributed by atoms with Gasteiger partial charge >= 0.3 is 0 Å². The standard InChI is InChI=1S/C6H14N4S/c1-10-2-3-11-4-5(10)6(7)9-8/h5H,2-4,8H2,1H3,(H2,7,9). The quantitative estimate of drug-likeness (QED) is 0.238. The number of likely N-dealkylation sites (N-methyl/N-ethyl adjacent to an activating group) is 1. The van der Waals surface area contributed by atoms with E-state index in [9.17, 15) is 0 Å². The predicted octanol–water partition coefficient (Wildman–Crippen LogP) is -0.735. The minimum Gasteiger partial charge on any atom is -0.384 e. The van der Waals surface area contributed by atoms with Crippen LogP contribution in [0.4, 0.5) is 0 Å². The Balaban J connectivity index is 2.54. The van der Waals surface area contributed by atoms with Crippen molar-refractivity contribution in [2.75, 3.05) is 25.1 Å². The molecule has 0 spiro atoms. The number of hydrogen-bond acceptors (Lipinski definition) is 4. The van der Waals surface area contributed by atoms with Crippen LogP contribution in [0.3, 0.4) is 0 Å². The Kier molecular flexibility index (Phi) is 3.02. The van der Waals surface area contributed by atoms with Crippen LogP contribution in [-0.4, -0.2) is 41.9 Å². The van der Waals surface area contributed by atoms with Crippen LogP contribution < -0.4 is 11.6 Å². The topological polar surface area (TPSA) is 67.6 Å². The van der Waals surface area contributed by atoms with Crippen LogP contribution in [0.5, 0.6) is 0 Å². The summed E-state index contributed by atoms with van der Waals surface area (Å²) in [7, 11) is 2.04. The molecule has 0 bridgehead atoms. The van der Waals surface area contributed by atoms with Gasteiger partial charge in [0.1, 0.15) is 5.84 Å². The first-order chi connectivity index (χ1) is 5.25. The molecule has 1 rings (SSSR count). The maximum Gasteiger partial charge on any atom is 0.137 e. The molecule has 1 aliphatic rings. The molecular formula is C6H14N4S. The highest BCUT2D eigenvalue weighted by Gasteiger charge is 2.22. The Morgan fingerprint density at radius 2 is 2.45 bits per heavy atom. The van der Waals surface area contributed by atoms with E-state index < -0.39 is 0 Å². The van der Waals surface area contributed by atoms with Crippen molar-refractivity contribution in [2.24, 2.45) is 16.7 Å². The Labute approximate surface area is 71.0 Å². The van der Waals surface area contributed by atoms with Gasteiger partial charge < -0.3 is 11.6 Å². The van der Waals surface area contributed by atoms with Crippen molar-refractivity contribution in [3.8, 4) is 0 Å². The molecule has 4 nitrogen and oxygen atoms in total. The van der Waals surface area contributed by atoms with Crippen LogP contribution in [0, 0.1) is 0 Å². The van der Waals surface area contributed by atoms with Gasteiger partial charge in [-0.1, -0.05) is 0 Å². The maximum absolute atomic E-state index is 5.61. The summed E-state index contributed by atoms with van der Waals surface area (Å²) in [5.74, 6) is 7.81. The van der Waals surface area contributed by atoms with Crippen molar-refractivity contribution in [3.05, 3.63) is 0 Å². The number of nitrogens with two attached hydrogens (primary N) is 2. The summed E-state index contributed by atoms with van der Waals surface area (Å²) < 4.78 is 0. The predicted molar refractivity (Wildman–Crippen MR) is 49.6 cm³/mol. The van der Waals surface area contributed by atoms with Gasteiger partial charge in [0, 0.05) is 18.1 Å². The highest BCUT2D eigenvalue weighted by Crippen LogP contribution is 2.14. The second-order valence-corrected chi connectivity index (χ2v) is 3.78. The van der Waals surface area contributed by atoms with Crippen molar-refractivity contribution >= 4 is 17.6 Å². The minimum absolute atomic E-state index is 0.235. The maximum atomic E-state index is 5.61. The molecule has 1 saturated heterocycles. The summed E-state index contributed by atoms with van der Waals surface area (Å²) in [6.07, 6.45) is 0. The van der Waals surface area contributed by atoms with Gasteiger partial charge in [-0.2, -0.15) is 16.9 Å². The van der Waals surface area contributed by atoms with Crippen LogP contribution in [0.25, 0.3) is 0 Å². The molecule has 1 atom stereocenters. The molecule has 0 radical (unpaired) electrons. The number of amidine groups is 1. The molecule has 0 amide bonds. The van der Waals surface area contributed by atoms with Gasteiger partial charge in [-0.25, -0.2) is 0 Å². The molecule has 11 heavy (non-hydrogen) atoms. The van der Waals surface area contributed by atoms with Crippen molar-refractivity contribution in [1.29, 1.82) is 0 Å². The fraction of sp³-hybridized carbons (Fsp3) is 0.833. The zero-order valence-corrected chi connectivity index (χ0v) is 7.47.